The van der Waals surface area contributed by atoms with Crippen molar-refractivity contribution in [2.75, 3.05) is 13.1 Å². The third-order valence-electron chi connectivity index (χ3n) is 3.46. The monoisotopic (exact) mass is 330 g/mol. The summed E-state index contributed by atoms with van der Waals surface area (Å²) in [4.78, 5) is 0. The summed E-state index contributed by atoms with van der Waals surface area (Å²) in [6, 6.07) is 5.70. The van der Waals surface area contributed by atoms with Gasteiger partial charge in [0.2, 0.25) is 0 Å². The van der Waals surface area contributed by atoms with Gasteiger partial charge in [0.15, 0.2) is 0 Å². The molecule has 1 saturated heterocycles. The molecule has 0 atom stereocenters. The van der Waals surface area contributed by atoms with Crippen LogP contribution in [0.25, 0.3) is 0 Å². The lowest BCUT2D eigenvalue weighted by Crippen LogP contribution is -2.50. The van der Waals surface area contributed by atoms with E-state index in [9.17, 15) is 13.2 Å². The highest BCUT2D eigenvalue weighted by Crippen LogP contribution is 2.34. The zero-order valence-corrected chi connectivity index (χ0v) is 12.5. The van der Waals surface area contributed by atoms with E-state index in [1.807, 2.05) is 0 Å². The second kappa shape index (κ2) is 7.50. The zero-order chi connectivity index (χ0) is 13.2. The van der Waals surface area contributed by atoms with Crippen molar-refractivity contribution in [2.45, 2.75) is 31.0 Å². The smallest absolute Gasteiger partial charge is 0.325 e. The fourth-order valence-electron chi connectivity index (χ4n) is 2.43. The molecule has 0 aliphatic carbocycles. The summed E-state index contributed by atoms with van der Waals surface area (Å²) in [5, 5.41) is 3.17. The van der Waals surface area contributed by atoms with Crippen molar-refractivity contribution in [3.63, 3.8) is 0 Å². The lowest BCUT2D eigenvalue weighted by Gasteiger charge is -2.34. The van der Waals surface area contributed by atoms with Gasteiger partial charge in [-0.2, -0.15) is 13.2 Å². The van der Waals surface area contributed by atoms with Crippen LogP contribution >= 0.6 is 24.8 Å². The highest BCUT2D eigenvalue weighted by molar-refractivity contribution is 5.85. The highest BCUT2D eigenvalue weighted by atomic mass is 35.5. The van der Waals surface area contributed by atoms with Crippen molar-refractivity contribution in [1.82, 2.24) is 5.32 Å². The normalized spacial score (nSPS) is 17.8. The Bertz CT molecular complexity index is 418. The summed E-state index contributed by atoms with van der Waals surface area (Å²) < 4.78 is 38.6. The summed E-state index contributed by atoms with van der Waals surface area (Å²) in [5.41, 5.74) is 5.41. The second-order valence-corrected chi connectivity index (χ2v) is 4.94. The van der Waals surface area contributed by atoms with Crippen LogP contribution in [0.3, 0.4) is 0 Å². The number of hydrogen-bond acceptors (Lipinski definition) is 2. The average Bonchev–Trinajstić information content (AvgIpc) is 2.28. The van der Waals surface area contributed by atoms with Gasteiger partial charge in [-0.25, -0.2) is 0 Å². The van der Waals surface area contributed by atoms with E-state index in [2.05, 4.69) is 5.32 Å². The van der Waals surface area contributed by atoms with E-state index in [0.717, 1.165) is 19.2 Å². The number of nitrogens with one attached hydrogen (secondary N) is 1. The molecule has 2 rings (SSSR count). The van der Waals surface area contributed by atoms with E-state index >= 15 is 0 Å². The maximum Gasteiger partial charge on any atom is 0.416 e. The summed E-state index contributed by atoms with van der Waals surface area (Å²) in [7, 11) is 0. The number of nitrogens with two attached hydrogens (primary N) is 1. The maximum atomic E-state index is 12.9. The molecule has 2 nitrogen and oxygen atoms in total. The van der Waals surface area contributed by atoms with Crippen LogP contribution < -0.4 is 11.1 Å². The summed E-state index contributed by atoms with van der Waals surface area (Å²) in [6.07, 6.45) is -2.61. The predicted molar refractivity (Wildman–Crippen MR) is 78.7 cm³/mol. The van der Waals surface area contributed by atoms with Crippen LogP contribution in [0.15, 0.2) is 24.3 Å². The lowest BCUT2D eigenvalue weighted by atomic mass is 9.82. The first-order valence-corrected chi connectivity index (χ1v) is 6.05. The second-order valence-electron chi connectivity index (χ2n) is 4.94. The quantitative estimate of drug-likeness (QED) is 0.874. The van der Waals surface area contributed by atoms with Crippen LogP contribution in [-0.2, 0) is 12.6 Å². The molecular weight excluding hydrogens is 312 g/mol. The van der Waals surface area contributed by atoms with Gasteiger partial charge in [0.05, 0.1) is 5.56 Å². The topological polar surface area (TPSA) is 38.0 Å². The standard InChI is InChI=1S/C13H17F3N2.2ClH/c14-13(15,16)11-4-2-1-3-10(11)9-12(17)5-7-18-8-6-12;;/h1-4,18H,5-9,17H2;2*1H. The molecule has 1 heterocycles. The molecule has 7 heteroatoms. The maximum absolute atomic E-state index is 12.9. The van der Waals surface area contributed by atoms with Gasteiger partial charge in [-0.1, -0.05) is 18.2 Å². The van der Waals surface area contributed by atoms with Gasteiger partial charge in [0.25, 0.3) is 0 Å². The molecule has 3 N–H and O–H groups in total. The minimum atomic E-state index is -4.31. The third kappa shape index (κ3) is 4.81. The van der Waals surface area contributed by atoms with E-state index in [1.54, 1.807) is 6.07 Å². The number of piperidine rings is 1. The third-order valence-corrected chi connectivity index (χ3v) is 3.46. The molecule has 0 spiro atoms. The molecular formula is C13H19Cl2F3N2. The van der Waals surface area contributed by atoms with Crippen LogP contribution in [0.2, 0.25) is 0 Å². The van der Waals surface area contributed by atoms with Crippen LogP contribution in [-0.4, -0.2) is 18.6 Å². The van der Waals surface area contributed by atoms with Crippen molar-refractivity contribution < 1.29 is 13.2 Å². The first-order chi connectivity index (χ1) is 8.41. The molecule has 116 valence electrons. The Labute approximate surface area is 129 Å². The van der Waals surface area contributed by atoms with Crippen molar-refractivity contribution in [3.05, 3.63) is 35.4 Å². The van der Waals surface area contributed by atoms with Crippen molar-refractivity contribution in [3.8, 4) is 0 Å². The molecule has 20 heavy (non-hydrogen) atoms. The Kier molecular flexibility index (Phi) is 7.32. The van der Waals surface area contributed by atoms with Crippen molar-refractivity contribution >= 4 is 24.8 Å². The van der Waals surface area contributed by atoms with Gasteiger partial charge in [-0.05, 0) is 44.0 Å². The number of rotatable bonds is 2. The van der Waals surface area contributed by atoms with Gasteiger partial charge in [0.1, 0.15) is 0 Å². The van der Waals surface area contributed by atoms with Gasteiger partial charge < -0.3 is 11.1 Å². The van der Waals surface area contributed by atoms with Gasteiger partial charge >= 0.3 is 6.18 Å². The van der Waals surface area contributed by atoms with E-state index in [-0.39, 0.29) is 31.2 Å². The largest absolute Gasteiger partial charge is 0.416 e. The van der Waals surface area contributed by atoms with Gasteiger partial charge in [-0.15, -0.1) is 24.8 Å². The molecule has 0 bridgehead atoms. The molecule has 1 aromatic rings. The number of halogens is 5. The van der Waals surface area contributed by atoms with Crippen LogP contribution in [0.5, 0.6) is 0 Å². The van der Waals surface area contributed by atoms with E-state index in [4.69, 9.17) is 5.73 Å². The van der Waals surface area contributed by atoms with Crippen LogP contribution in [0.4, 0.5) is 13.2 Å². The number of hydrogen-bond donors (Lipinski definition) is 2. The SMILES string of the molecule is Cl.Cl.NC1(Cc2ccccc2C(F)(F)F)CCNCC1. The summed E-state index contributed by atoms with van der Waals surface area (Å²) in [5.74, 6) is 0. The van der Waals surface area contributed by atoms with Crippen LogP contribution in [0, 0.1) is 0 Å². The fraction of sp³-hybridized carbons (Fsp3) is 0.538. The Hall–Kier alpha value is -0.490. The molecule has 0 saturated carbocycles. The van der Waals surface area contributed by atoms with Crippen molar-refractivity contribution in [1.29, 1.82) is 0 Å². The Morgan fingerprint density at radius 1 is 1.10 bits per heavy atom. The first-order valence-electron chi connectivity index (χ1n) is 6.05. The Morgan fingerprint density at radius 3 is 2.20 bits per heavy atom. The minimum absolute atomic E-state index is 0. The summed E-state index contributed by atoms with van der Waals surface area (Å²) in [6.45, 7) is 1.54. The first kappa shape index (κ1) is 19.5. The molecule has 1 fully saturated rings. The minimum Gasteiger partial charge on any atom is -0.325 e. The average molecular weight is 331 g/mol. The zero-order valence-electron chi connectivity index (χ0n) is 10.9. The molecule has 0 unspecified atom stereocenters. The van der Waals surface area contributed by atoms with E-state index in [1.165, 1.54) is 12.1 Å². The fourth-order valence-corrected chi connectivity index (χ4v) is 2.43. The Morgan fingerprint density at radius 2 is 1.65 bits per heavy atom. The summed E-state index contributed by atoms with van der Waals surface area (Å²) >= 11 is 0. The van der Waals surface area contributed by atoms with Crippen LogP contribution in [0.1, 0.15) is 24.0 Å². The number of alkyl halides is 3. The number of benzene rings is 1. The molecule has 0 amide bonds. The highest BCUT2D eigenvalue weighted by Gasteiger charge is 2.36. The molecule has 1 aliphatic heterocycles. The predicted octanol–water partition coefficient (Wildman–Crippen LogP) is 3.17. The molecule has 0 radical (unpaired) electrons. The van der Waals surface area contributed by atoms with Crippen molar-refractivity contribution in [2.24, 2.45) is 5.73 Å². The molecule has 0 aromatic heterocycles. The van der Waals surface area contributed by atoms with E-state index < -0.39 is 17.3 Å². The molecule has 1 aliphatic rings. The van der Waals surface area contributed by atoms with E-state index in [0.29, 0.717) is 18.4 Å². The van der Waals surface area contributed by atoms with Gasteiger partial charge in [-0.3, -0.25) is 0 Å². The van der Waals surface area contributed by atoms with Gasteiger partial charge in [0, 0.05) is 5.54 Å². The Balaban J connectivity index is 0.00000180. The lowest BCUT2D eigenvalue weighted by molar-refractivity contribution is -0.138. The molecule has 1 aromatic carbocycles.